The number of halogens is 1. The molecule has 0 unspecified atom stereocenters. The first-order valence-electron chi connectivity index (χ1n) is 9.23. The highest BCUT2D eigenvalue weighted by Gasteiger charge is 2.11. The summed E-state index contributed by atoms with van der Waals surface area (Å²) in [5.41, 5.74) is 3.47. The normalized spacial score (nSPS) is 11.7. The van der Waals surface area contributed by atoms with Crippen LogP contribution in [0.3, 0.4) is 0 Å². The third-order valence-corrected chi connectivity index (χ3v) is 5.12. The molecule has 30 heavy (non-hydrogen) atoms. The Hall–Kier alpha value is -3.84. The standard InChI is InChI=1S/C22H15ClN6O/c1-14-6-5-7-15-10-16(20(23)27-19(14)15)11-25-28-13-24-21-18(22(28)30)12-26-29(21)17-8-3-2-4-9-17/h2-13H,1H3/b25-11-. The fourth-order valence-corrected chi connectivity index (χ4v) is 3.49. The Balaban J connectivity index is 1.55. The number of hydrogen-bond donors (Lipinski definition) is 0. The van der Waals surface area contributed by atoms with E-state index in [1.807, 2.05) is 61.5 Å². The van der Waals surface area contributed by atoms with E-state index in [1.165, 1.54) is 18.7 Å². The van der Waals surface area contributed by atoms with Crippen molar-refractivity contribution in [3.8, 4) is 5.69 Å². The van der Waals surface area contributed by atoms with Crippen LogP contribution < -0.4 is 5.56 Å². The fourth-order valence-electron chi connectivity index (χ4n) is 3.30. The molecule has 3 heterocycles. The Bertz CT molecular complexity index is 1490. The molecule has 0 aliphatic carbocycles. The minimum absolute atomic E-state index is 0.319. The summed E-state index contributed by atoms with van der Waals surface area (Å²) in [6.45, 7) is 1.98. The van der Waals surface area contributed by atoms with Crippen molar-refractivity contribution in [3.05, 3.63) is 93.8 Å². The van der Waals surface area contributed by atoms with Crippen molar-refractivity contribution in [3.63, 3.8) is 0 Å². The summed E-state index contributed by atoms with van der Waals surface area (Å²) < 4.78 is 2.79. The lowest BCUT2D eigenvalue weighted by molar-refractivity contribution is 0.809. The van der Waals surface area contributed by atoms with E-state index in [0.717, 1.165) is 26.8 Å². The smallest absolute Gasteiger partial charge is 0.266 e. The van der Waals surface area contributed by atoms with Gasteiger partial charge in [-0.15, -0.1) is 0 Å². The van der Waals surface area contributed by atoms with Gasteiger partial charge < -0.3 is 0 Å². The van der Waals surface area contributed by atoms with Crippen LogP contribution >= 0.6 is 11.6 Å². The number of aryl methyl sites for hydroxylation is 1. The first-order valence-corrected chi connectivity index (χ1v) is 9.60. The third-order valence-electron chi connectivity index (χ3n) is 4.82. The number of fused-ring (bicyclic) bond motifs is 2. The summed E-state index contributed by atoms with van der Waals surface area (Å²) in [5, 5.41) is 10.2. The van der Waals surface area contributed by atoms with Crippen LogP contribution in [-0.2, 0) is 0 Å². The van der Waals surface area contributed by atoms with Gasteiger partial charge in [-0.05, 0) is 30.7 Å². The van der Waals surface area contributed by atoms with Crippen LogP contribution in [0, 0.1) is 6.92 Å². The largest absolute Gasteiger partial charge is 0.285 e. The SMILES string of the molecule is Cc1cccc2cc(/C=N\n3cnc4c(cnn4-c4ccccc4)c3=O)c(Cl)nc12. The van der Waals surface area contributed by atoms with Gasteiger partial charge in [0.15, 0.2) is 5.65 Å². The maximum atomic E-state index is 12.8. The van der Waals surface area contributed by atoms with Crippen LogP contribution in [0.5, 0.6) is 0 Å². The molecule has 0 amide bonds. The van der Waals surface area contributed by atoms with Gasteiger partial charge in [0.2, 0.25) is 0 Å². The van der Waals surface area contributed by atoms with E-state index in [9.17, 15) is 4.79 Å². The zero-order valence-corrected chi connectivity index (χ0v) is 16.7. The second-order valence-corrected chi connectivity index (χ2v) is 7.14. The molecule has 8 heteroatoms. The number of pyridine rings is 1. The van der Waals surface area contributed by atoms with Gasteiger partial charge in [-0.1, -0.05) is 48.0 Å². The molecule has 0 spiro atoms. The lowest BCUT2D eigenvalue weighted by atomic mass is 10.1. The van der Waals surface area contributed by atoms with E-state index in [2.05, 4.69) is 20.2 Å². The second kappa shape index (κ2) is 7.20. The van der Waals surface area contributed by atoms with Crippen LogP contribution in [0.15, 0.2) is 77.0 Å². The summed E-state index contributed by atoms with van der Waals surface area (Å²) in [7, 11) is 0. The van der Waals surface area contributed by atoms with Crippen molar-refractivity contribution in [2.75, 3.05) is 0 Å². The predicted molar refractivity (Wildman–Crippen MR) is 118 cm³/mol. The molecule has 7 nitrogen and oxygen atoms in total. The number of nitrogens with zero attached hydrogens (tertiary/aromatic N) is 6. The first-order chi connectivity index (χ1) is 14.6. The maximum absolute atomic E-state index is 12.8. The van der Waals surface area contributed by atoms with Crippen molar-refractivity contribution < 1.29 is 0 Å². The highest BCUT2D eigenvalue weighted by molar-refractivity contribution is 6.32. The van der Waals surface area contributed by atoms with Crippen LogP contribution in [-0.4, -0.2) is 30.6 Å². The molecule has 0 bridgehead atoms. The van der Waals surface area contributed by atoms with Crippen LogP contribution in [0.1, 0.15) is 11.1 Å². The van der Waals surface area contributed by atoms with Crippen molar-refractivity contribution in [1.82, 2.24) is 24.4 Å². The molecule has 0 aliphatic heterocycles. The summed E-state index contributed by atoms with van der Waals surface area (Å²) in [4.78, 5) is 21.7. The van der Waals surface area contributed by atoms with E-state index in [-0.39, 0.29) is 5.56 Å². The average Bonchev–Trinajstić information content (AvgIpc) is 3.20. The summed E-state index contributed by atoms with van der Waals surface area (Å²) in [6, 6.07) is 17.3. The van der Waals surface area contributed by atoms with Gasteiger partial charge in [0.05, 0.1) is 23.6 Å². The van der Waals surface area contributed by atoms with Crippen molar-refractivity contribution in [2.45, 2.75) is 6.92 Å². The molecule has 0 saturated carbocycles. The predicted octanol–water partition coefficient (Wildman–Crippen LogP) is 3.97. The molecular weight excluding hydrogens is 400 g/mol. The summed E-state index contributed by atoms with van der Waals surface area (Å²) in [6.07, 6.45) is 4.37. The van der Waals surface area contributed by atoms with Gasteiger partial charge in [-0.25, -0.2) is 14.6 Å². The van der Waals surface area contributed by atoms with E-state index < -0.39 is 0 Å². The minimum atomic E-state index is -0.320. The molecule has 0 atom stereocenters. The van der Waals surface area contributed by atoms with Gasteiger partial charge in [0, 0.05) is 10.9 Å². The quantitative estimate of drug-likeness (QED) is 0.330. The number of para-hydroxylation sites is 2. The van der Waals surface area contributed by atoms with E-state index in [1.54, 1.807) is 4.68 Å². The molecular formula is C22H15ClN6O. The Labute approximate surface area is 175 Å². The van der Waals surface area contributed by atoms with Gasteiger partial charge in [-0.2, -0.15) is 14.9 Å². The summed E-state index contributed by atoms with van der Waals surface area (Å²) >= 11 is 6.33. The number of benzene rings is 2. The van der Waals surface area contributed by atoms with Gasteiger partial charge in [-0.3, -0.25) is 4.79 Å². The van der Waals surface area contributed by atoms with E-state index in [4.69, 9.17) is 11.6 Å². The Morgan fingerprint density at radius 1 is 1.10 bits per heavy atom. The Kier molecular flexibility index (Phi) is 4.37. The number of aromatic nitrogens is 5. The lowest BCUT2D eigenvalue weighted by Gasteiger charge is -2.05. The van der Waals surface area contributed by atoms with Crippen molar-refractivity contribution >= 4 is 39.8 Å². The third kappa shape index (κ3) is 3.05. The molecule has 0 N–H and O–H groups in total. The molecule has 2 aromatic carbocycles. The molecule has 0 saturated heterocycles. The van der Waals surface area contributed by atoms with Crippen molar-refractivity contribution in [1.29, 1.82) is 0 Å². The highest BCUT2D eigenvalue weighted by atomic mass is 35.5. The van der Waals surface area contributed by atoms with Gasteiger partial charge in [0.1, 0.15) is 16.9 Å². The van der Waals surface area contributed by atoms with Gasteiger partial charge >= 0.3 is 0 Å². The minimum Gasteiger partial charge on any atom is -0.266 e. The summed E-state index contributed by atoms with van der Waals surface area (Å²) in [5.74, 6) is 0. The fraction of sp³-hybridized carbons (Fsp3) is 0.0455. The second-order valence-electron chi connectivity index (χ2n) is 6.78. The maximum Gasteiger partial charge on any atom is 0.285 e. The van der Waals surface area contributed by atoms with E-state index >= 15 is 0 Å². The average molecular weight is 415 g/mol. The zero-order valence-electron chi connectivity index (χ0n) is 15.9. The number of hydrogen-bond acceptors (Lipinski definition) is 5. The van der Waals surface area contributed by atoms with Crippen molar-refractivity contribution in [2.24, 2.45) is 5.10 Å². The molecule has 146 valence electrons. The molecule has 3 aromatic heterocycles. The van der Waals surface area contributed by atoms with Crippen LogP contribution in [0.4, 0.5) is 0 Å². The molecule has 5 aromatic rings. The topological polar surface area (TPSA) is 78.0 Å². The molecule has 0 fully saturated rings. The monoisotopic (exact) mass is 414 g/mol. The zero-order chi connectivity index (χ0) is 20.7. The van der Waals surface area contributed by atoms with Crippen LogP contribution in [0.25, 0.3) is 27.6 Å². The molecule has 0 aliphatic rings. The number of rotatable bonds is 3. The lowest BCUT2D eigenvalue weighted by Crippen LogP contribution is -2.17. The van der Waals surface area contributed by atoms with Crippen LogP contribution in [0.2, 0.25) is 5.15 Å². The molecule has 0 radical (unpaired) electrons. The highest BCUT2D eigenvalue weighted by Crippen LogP contribution is 2.22. The Morgan fingerprint density at radius 3 is 2.77 bits per heavy atom. The van der Waals surface area contributed by atoms with Gasteiger partial charge in [0.25, 0.3) is 5.56 Å². The van der Waals surface area contributed by atoms with E-state index in [0.29, 0.717) is 21.7 Å². The Morgan fingerprint density at radius 2 is 1.93 bits per heavy atom. The first kappa shape index (κ1) is 18.2. The molecule has 5 rings (SSSR count).